The highest BCUT2D eigenvalue weighted by Crippen LogP contribution is 2.21. The molecule has 5 nitrogen and oxygen atoms in total. The predicted octanol–water partition coefficient (Wildman–Crippen LogP) is 3.77. The number of halogens is 1. The van der Waals surface area contributed by atoms with Gasteiger partial charge in [-0.05, 0) is 49.2 Å². The maximum atomic E-state index is 13.3. The zero-order valence-corrected chi connectivity index (χ0v) is 14.9. The van der Waals surface area contributed by atoms with Gasteiger partial charge in [-0.1, -0.05) is 24.3 Å². The lowest BCUT2D eigenvalue weighted by Crippen LogP contribution is -2.26. The van der Waals surface area contributed by atoms with E-state index in [0.717, 1.165) is 17.6 Å². The number of fused-ring (bicyclic) bond motifs is 1. The normalized spacial score (nSPS) is 11.0. The Morgan fingerprint density at radius 2 is 2.04 bits per heavy atom. The third-order valence-electron chi connectivity index (χ3n) is 4.58. The molecule has 0 aliphatic carbocycles. The molecule has 136 valence electrons. The Hall–Kier alpha value is -3.41. The topological polar surface area (TPSA) is 62.7 Å². The lowest BCUT2D eigenvalue weighted by Gasteiger charge is -2.04. The molecule has 0 unspecified atom stereocenters. The smallest absolute Gasteiger partial charge is 0.271 e. The van der Waals surface area contributed by atoms with Crippen LogP contribution in [0.5, 0.6) is 0 Å². The van der Waals surface area contributed by atoms with Gasteiger partial charge in [0.15, 0.2) is 5.69 Å². The first-order chi connectivity index (χ1) is 13.1. The van der Waals surface area contributed by atoms with Crippen LogP contribution < -0.4 is 5.32 Å². The van der Waals surface area contributed by atoms with Gasteiger partial charge in [-0.25, -0.2) is 9.07 Å². The first-order valence-corrected chi connectivity index (χ1v) is 8.78. The average Bonchev–Trinajstić information content (AvgIpc) is 3.27. The Morgan fingerprint density at radius 3 is 2.89 bits per heavy atom. The molecular formula is C21H19FN4O. The molecule has 0 aliphatic rings. The first kappa shape index (κ1) is 17.0. The summed E-state index contributed by atoms with van der Waals surface area (Å²) in [6, 6.07) is 15.8. The summed E-state index contributed by atoms with van der Waals surface area (Å²) >= 11 is 0. The summed E-state index contributed by atoms with van der Waals surface area (Å²) < 4.78 is 14.8. The summed E-state index contributed by atoms with van der Waals surface area (Å²) in [7, 11) is 0. The minimum absolute atomic E-state index is 0.248. The summed E-state index contributed by atoms with van der Waals surface area (Å²) in [5.74, 6) is -0.592. The van der Waals surface area contributed by atoms with Crippen molar-refractivity contribution in [2.75, 3.05) is 6.54 Å². The van der Waals surface area contributed by atoms with Crippen molar-refractivity contribution in [1.82, 2.24) is 20.1 Å². The Labute approximate surface area is 155 Å². The van der Waals surface area contributed by atoms with Crippen LogP contribution in [0.4, 0.5) is 4.39 Å². The van der Waals surface area contributed by atoms with Crippen molar-refractivity contribution in [3.8, 4) is 5.69 Å². The van der Waals surface area contributed by atoms with Crippen LogP contribution in [0, 0.1) is 12.7 Å². The molecule has 4 aromatic rings. The molecule has 2 N–H and O–H groups in total. The van der Waals surface area contributed by atoms with Gasteiger partial charge in [-0.15, -0.1) is 0 Å². The minimum Gasteiger partial charge on any atom is -0.358 e. The van der Waals surface area contributed by atoms with E-state index in [0.29, 0.717) is 17.9 Å². The van der Waals surface area contributed by atoms with E-state index in [2.05, 4.69) is 21.5 Å². The van der Waals surface area contributed by atoms with E-state index < -0.39 is 0 Å². The second-order valence-corrected chi connectivity index (χ2v) is 6.41. The van der Waals surface area contributed by atoms with E-state index in [1.54, 1.807) is 24.4 Å². The van der Waals surface area contributed by atoms with Crippen LogP contribution in [0.25, 0.3) is 16.6 Å². The Morgan fingerprint density at radius 1 is 1.19 bits per heavy atom. The highest BCUT2D eigenvalue weighted by atomic mass is 19.1. The number of benzene rings is 2. The molecule has 2 aromatic carbocycles. The van der Waals surface area contributed by atoms with Gasteiger partial charge in [-0.3, -0.25) is 4.79 Å². The molecule has 0 bridgehead atoms. The number of H-pyrrole nitrogens is 1. The van der Waals surface area contributed by atoms with Gasteiger partial charge in [-0.2, -0.15) is 5.10 Å². The van der Waals surface area contributed by atoms with Crippen molar-refractivity contribution in [3.05, 3.63) is 83.6 Å². The van der Waals surface area contributed by atoms with Crippen LogP contribution in [0.1, 0.15) is 21.7 Å². The number of aromatic nitrogens is 3. The molecule has 1 amide bonds. The number of para-hydroxylation sites is 1. The first-order valence-electron chi connectivity index (χ1n) is 8.78. The van der Waals surface area contributed by atoms with Crippen molar-refractivity contribution in [2.45, 2.75) is 13.3 Å². The molecule has 27 heavy (non-hydrogen) atoms. The van der Waals surface area contributed by atoms with E-state index in [1.165, 1.54) is 27.8 Å². The fourth-order valence-corrected chi connectivity index (χ4v) is 3.26. The molecule has 0 saturated carbocycles. The second kappa shape index (κ2) is 7.07. The zero-order chi connectivity index (χ0) is 18.8. The molecule has 6 heteroatoms. The van der Waals surface area contributed by atoms with Gasteiger partial charge in [0.2, 0.25) is 0 Å². The molecule has 0 saturated heterocycles. The van der Waals surface area contributed by atoms with Crippen molar-refractivity contribution in [3.63, 3.8) is 0 Å². The van der Waals surface area contributed by atoms with Crippen LogP contribution in [0.3, 0.4) is 0 Å². The molecular weight excluding hydrogens is 343 g/mol. The van der Waals surface area contributed by atoms with E-state index in [-0.39, 0.29) is 11.7 Å². The third kappa shape index (κ3) is 3.46. The molecule has 0 radical (unpaired) electrons. The van der Waals surface area contributed by atoms with Gasteiger partial charge in [0, 0.05) is 29.3 Å². The number of amides is 1. The van der Waals surface area contributed by atoms with Crippen LogP contribution in [-0.2, 0) is 6.42 Å². The molecule has 4 rings (SSSR count). The number of hydrogen-bond acceptors (Lipinski definition) is 2. The summed E-state index contributed by atoms with van der Waals surface area (Å²) in [5.41, 5.74) is 4.29. The largest absolute Gasteiger partial charge is 0.358 e. The van der Waals surface area contributed by atoms with E-state index in [1.807, 2.05) is 25.1 Å². The standard InChI is InChI=1S/C21H19FN4O/c1-14-17(18-7-2-3-8-19(18)24-14)9-11-23-21(27)20-10-12-26(25-20)16-6-4-5-15(22)13-16/h2-8,10,12-13,24H,9,11H2,1H3,(H,23,27). The number of nitrogens with one attached hydrogen (secondary N) is 2. The van der Waals surface area contributed by atoms with Crippen LogP contribution in [0.2, 0.25) is 0 Å². The molecule has 0 fully saturated rings. The summed E-state index contributed by atoms with van der Waals surface area (Å²) in [5, 5.41) is 8.32. The highest BCUT2D eigenvalue weighted by Gasteiger charge is 2.12. The lowest BCUT2D eigenvalue weighted by atomic mass is 10.1. The van der Waals surface area contributed by atoms with Crippen LogP contribution in [-0.4, -0.2) is 27.2 Å². The highest BCUT2D eigenvalue weighted by molar-refractivity contribution is 5.92. The molecule has 2 aromatic heterocycles. The number of carbonyl (C=O) groups is 1. The Bertz CT molecular complexity index is 1110. The number of rotatable bonds is 5. The van der Waals surface area contributed by atoms with Gasteiger partial charge in [0.25, 0.3) is 5.91 Å². The summed E-state index contributed by atoms with van der Waals surface area (Å²) in [6.07, 6.45) is 2.37. The minimum atomic E-state index is -0.344. The number of hydrogen-bond donors (Lipinski definition) is 2. The number of aromatic amines is 1. The number of nitrogens with zero attached hydrogens (tertiary/aromatic N) is 2. The Balaban J connectivity index is 1.42. The summed E-state index contributed by atoms with van der Waals surface area (Å²) in [4.78, 5) is 15.7. The van der Waals surface area contributed by atoms with Gasteiger partial charge in [0.05, 0.1) is 5.69 Å². The zero-order valence-electron chi connectivity index (χ0n) is 14.9. The third-order valence-corrected chi connectivity index (χ3v) is 4.58. The predicted molar refractivity (Wildman–Crippen MR) is 103 cm³/mol. The maximum Gasteiger partial charge on any atom is 0.271 e. The lowest BCUT2D eigenvalue weighted by molar-refractivity contribution is 0.0948. The number of aryl methyl sites for hydroxylation is 1. The van der Waals surface area contributed by atoms with Crippen molar-refractivity contribution >= 4 is 16.8 Å². The Kier molecular flexibility index (Phi) is 4.46. The van der Waals surface area contributed by atoms with Crippen molar-refractivity contribution in [2.24, 2.45) is 0 Å². The SMILES string of the molecule is Cc1[nH]c2ccccc2c1CCNC(=O)c1ccn(-c2cccc(F)c2)n1. The van der Waals surface area contributed by atoms with E-state index >= 15 is 0 Å². The van der Waals surface area contributed by atoms with Crippen molar-refractivity contribution in [1.29, 1.82) is 0 Å². The van der Waals surface area contributed by atoms with Crippen LogP contribution >= 0.6 is 0 Å². The number of carbonyl (C=O) groups excluding carboxylic acids is 1. The van der Waals surface area contributed by atoms with Gasteiger partial charge in [0.1, 0.15) is 5.82 Å². The van der Waals surface area contributed by atoms with Crippen molar-refractivity contribution < 1.29 is 9.18 Å². The fourth-order valence-electron chi connectivity index (χ4n) is 3.26. The molecule has 2 heterocycles. The molecule has 0 atom stereocenters. The second-order valence-electron chi connectivity index (χ2n) is 6.41. The van der Waals surface area contributed by atoms with Gasteiger partial charge < -0.3 is 10.3 Å². The molecule has 0 aliphatic heterocycles. The fraction of sp³-hybridized carbons (Fsp3) is 0.143. The average molecular weight is 362 g/mol. The quantitative estimate of drug-likeness (QED) is 0.568. The summed E-state index contributed by atoms with van der Waals surface area (Å²) in [6.45, 7) is 2.55. The van der Waals surface area contributed by atoms with Gasteiger partial charge >= 0.3 is 0 Å². The van der Waals surface area contributed by atoms with E-state index in [4.69, 9.17) is 0 Å². The van der Waals surface area contributed by atoms with E-state index in [9.17, 15) is 9.18 Å². The maximum absolute atomic E-state index is 13.3. The molecule has 0 spiro atoms. The monoisotopic (exact) mass is 362 g/mol. The van der Waals surface area contributed by atoms with Crippen LogP contribution in [0.15, 0.2) is 60.8 Å².